The molecule has 1 saturated heterocycles. The highest BCUT2D eigenvalue weighted by Crippen LogP contribution is 2.45. The summed E-state index contributed by atoms with van der Waals surface area (Å²) in [5.74, 6) is -0.328. The maximum Gasteiger partial charge on any atom is 0.240 e. The van der Waals surface area contributed by atoms with E-state index in [4.69, 9.17) is 28.4 Å². The van der Waals surface area contributed by atoms with E-state index in [0.717, 1.165) is 40.0 Å². The maximum atomic E-state index is 7.15. The third-order valence-corrected chi connectivity index (χ3v) is 9.25. The van der Waals surface area contributed by atoms with E-state index in [-0.39, 0.29) is 6.61 Å². The number of hydrogen-bond acceptors (Lipinski definition) is 6. The number of fused-ring (bicyclic) bond motifs is 1. The van der Waals surface area contributed by atoms with Gasteiger partial charge in [0.1, 0.15) is 24.1 Å². The lowest BCUT2D eigenvalue weighted by atomic mass is 9.86. The number of hydrogen-bond donors (Lipinski definition) is 0. The van der Waals surface area contributed by atoms with Gasteiger partial charge in [-0.2, -0.15) is 0 Å². The summed E-state index contributed by atoms with van der Waals surface area (Å²) in [5.41, 5.74) is 6.64. The topological polar surface area (TPSA) is 55.4 Å². The van der Waals surface area contributed by atoms with Crippen LogP contribution in [0.25, 0.3) is 0 Å². The van der Waals surface area contributed by atoms with E-state index in [1.54, 1.807) is 0 Å². The van der Waals surface area contributed by atoms with Crippen molar-refractivity contribution in [2.24, 2.45) is 0 Å². The Balaban J connectivity index is 1.25. The molecule has 5 aromatic rings. The summed E-state index contributed by atoms with van der Waals surface area (Å²) in [6.45, 7) is 3.98. The van der Waals surface area contributed by atoms with Crippen molar-refractivity contribution < 1.29 is 28.4 Å². The summed E-state index contributed by atoms with van der Waals surface area (Å²) in [5, 5.41) is 0. The fourth-order valence-corrected chi connectivity index (χ4v) is 6.75. The van der Waals surface area contributed by atoms with Crippen molar-refractivity contribution in [1.82, 2.24) is 0 Å². The van der Waals surface area contributed by atoms with Crippen LogP contribution in [0, 0.1) is 6.92 Å². The minimum Gasteiger partial charge on any atom is -0.459 e. The Morgan fingerprint density at radius 1 is 0.592 bits per heavy atom. The molecule has 0 saturated carbocycles. The van der Waals surface area contributed by atoms with Crippen LogP contribution >= 0.6 is 0 Å². The average molecular weight is 657 g/mol. The number of benzene rings is 5. The van der Waals surface area contributed by atoms with Gasteiger partial charge in [0, 0.05) is 6.42 Å². The Morgan fingerprint density at radius 2 is 1.10 bits per heavy atom. The van der Waals surface area contributed by atoms with Crippen molar-refractivity contribution in [2.75, 3.05) is 6.61 Å². The van der Waals surface area contributed by atoms with E-state index < -0.39 is 30.2 Å². The Hall–Kier alpha value is -4.30. The first kappa shape index (κ1) is 33.2. The molecule has 1 spiro atoms. The van der Waals surface area contributed by atoms with Crippen LogP contribution in [0.15, 0.2) is 140 Å². The van der Waals surface area contributed by atoms with Gasteiger partial charge in [0.15, 0.2) is 6.10 Å². The third kappa shape index (κ3) is 8.30. The van der Waals surface area contributed by atoms with E-state index in [1.165, 1.54) is 5.56 Å². The van der Waals surface area contributed by atoms with Gasteiger partial charge in [0.05, 0.1) is 33.0 Å². The van der Waals surface area contributed by atoms with Gasteiger partial charge in [-0.1, -0.05) is 139 Å². The normalized spacial score (nSPS) is 23.1. The smallest absolute Gasteiger partial charge is 0.240 e. The van der Waals surface area contributed by atoms with Gasteiger partial charge in [0.2, 0.25) is 5.79 Å². The highest BCUT2D eigenvalue weighted by molar-refractivity contribution is 5.39. The van der Waals surface area contributed by atoms with Crippen molar-refractivity contribution in [3.63, 3.8) is 0 Å². The SMILES string of the molecule is Cc1ccc2c(c1)CC[C@]1(O2)O[C@H](COCc2ccccc2)[C@H](OCc2ccccc2)[C@H](OCc2ccccc2)[C@H]1OCc1ccccc1. The number of aryl methyl sites for hydroxylation is 2. The van der Waals surface area contributed by atoms with Crippen LogP contribution in [0.3, 0.4) is 0 Å². The zero-order valence-electron chi connectivity index (χ0n) is 28.0. The molecule has 49 heavy (non-hydrogen) atoms. The highest BCUT2D eigenvalue weighted by atomic mass is 16.7. The molecule has 0 unspecified atom stereocenters. The van der Waals surface area contributed by atoms with Crippen molar-refractivity contribution in [1.29, 1.82) is 0 Å². The van der Waals surface area contributed by atoms with Gasteiger partial charge in [-0.3, -0.25) is 0 Å². The van der Waals surface area contributed by atoms with Gasteiger partial charge in [-0.25, -0.2) is 0 Å². The largest absolute Gasteiger partial charge is 0.459 e. The lowest BCUT2D eigenvalue weighted by Crippen LogP contribution is -2.69. The van der Waals surface area contributed by atoms with Crippen molar-refractivity contribution in [3.05, 3.63) is 173 Å². The Morgan fingerprint density at radius 3 is 1.67 bits per heavy atom. The first-order valence-corrected chi connectivity index (χ1v) is 17.2. The van der Waals surface area contributed by atoms with Crippen LogP contribution in [-0.2, 0) is 56.5 Å². The molecule has 2 heterocycles. The van der Waals surface area contributed by atoms with Crippen LogP contribution in [0.5, 0.6) is 5.75 Å². The molecule has 0 N–H and O–H groups in total. The maximum absolute atomic E-state index is 7.15. The summed E-state index contributed by atoms with van der Waals surface area (Å²) in [7, 11) is 0. The Kier molecular flexibility index (Phi) is 10.8. The molecule has 0 bridgehead atoms. The predicted octanol–water partition coefficient (Wildman–Crippen LogP) is 8.39. The molecule has 252 valence electrons. The molecular weight excluding hydrogens is 612 g/mol. The van der Waals surface area contributed by atoms with Gasteiger partial charge in [0.25, 0.3) is 0 Å². The van der Waals surface area contributed by atoms with Crippen molar-refractivity contribution >= 4 is 0 Å². The standard InChI is InChI=1S/C43H44O6/c1-32-22-23-38-37(26-32)24-25-43(48-38)42(47-30-36-20-12-5-13-21-36)41(46-29-35-18-10-4-11-19-35)40(45-28-34-16-8-3-9-17-34)39(49-43)31-44-27-33-14-6-2-7-15-33/h2-23,26,39-42H,24-25,27-31H2,1H3/t39-,40+,41+,42-,43+/m1/s1. The van der Waals surface area contributed by atoms with E-state index in [9.17, 15) is 0 Å². The van der Waals surface area contributed by atoms with E-state index in [1.807, 2.05) is 78.9 Å². The Labute approximate surface area is 289 Å². The van der Waals surface area contributed by atoms with Crippen LogP contribution < -0.4 is 4.74 Å². The quantitative estimate of drug-likeness (QED) is 0.127. The van der Waals surface area contributed by atoms with Crippen LogP contribution in [-0.4, -0.2) is 36.8 Å². The molecule has 2 aliphatic heterocycles. The van der Waals surface area contributed by atoms with Gasteiger partial charge >= 0.3 is 0 Å². The molecule has 2 aliphatic rings. The van der Waals surface area contributed by atoms with Gasteiger partial charge < -0.3 is 28.4 Å². The molecule has 6 nitrogen and oxygen atoms in total. The van der Waals surface area contributed by atoms with Crippen molar-refractivity contribution in [2.45, 2.75) is 76.4 Å². The van der Waals surface area contributed by atoms with E-state index in [2.05, 4.69) is 67.6 Å². The molecule has 0 amide bonds. The summed E-state index contributed by atoms with van der Waals surface area (Å²) in [6.07, 6.45) is -0.809. The molecule has 0 radical (unpaired) electrons. The molecule has 6 heteroatoms. The molecular formula is C43H44O6. The fourth-order valence-electron chi connectivity index (χ4n) is 6.75. The first-order valence-electron chi connectivity index (χ1n) is 17.2. The number of rotatable bonds is 13. The lowest BCUT2D eigenvalue weighted by Gasteiger charge is -2.53. The average Bonchev–Trinajstić information content (AvgIpc) is 3.15. The minimum absolute atomic E-state index is 0.289. The van der Waals surface area contributed by atoms with E-state index in [0.29, 0.717) is 32.8 Å². The molecule has 1 fully saturated rings. The number of ether oxygens (including phenoxy) is 6. The summed E-state index contributed by atoms with van der Waals surface area (Å²) in [4.78, 5) is 0. The second kappa shape index (κ2) is 15.9. The van der Waals surface area contributed by atoms with Crippen LogP contribution in [0.1, 0.15) is 39.8 Å². The second-order valence-corrected chi connectivity index (χ2v) is 12.9. The first-order chi connectivity index (χ1) is 24.1. The molecule has 0 aromatic heterocycles. The molecule has 5 atom stereocenters. The zero-order chi connectivity index (χ0) is 33.3. The van der Waals surface area contributed by atoms with E-state index >= 15 is 0 Å². The third-order valence-electron chi connectivity index (χ3n) is 9.25. The van der Waals surface area contributed by atoms with Crippen LogP contribution in [0.2, 0.25) is 0 Å². The molecule has 0 aliphatic carbocycles. The van der Waals surface area contributed by atoms with Crippen molar-refractivity contribution in [3.8, 4) is 5.75 Å². The second-order valence-electron chi connectivity index (χ2n) is 12.9. The summed E-state index contributed by atoms with van der Waals surface area (Å²) >= 11 is 0. The Bertz CT molecular complexity index is 1730. The minimum atomic E-state index is -1.13. The lowest BCUT2D eigenvalue weighted by molar-refractivity contribution is -0.364. The molecule has 7 rings (SSSR count). The van der Waals surface area contributed by atoms with Crippen LogP contribution in [0.4, 0.5) is 0 Å². The highest BCUT2D eigenvalue weighted by Gasteiger charge is 2.59. The molecule has 5 aromatic carbocycles. The summed E-state index contributed by atoms with van der Waals surface area (Å²) < 4.78 is 41.2. The monoisotopic (exact) mass is 656 g/mol. The fraction of sp³-hybridized carbons (Fsp3) is 0.302. The summed E-state index contributed by atoms with van der Waals surface area (Å²) in [6, 6.07) is 47.1. The van der Waals surface area contributed by atoms with Gasteiger partial charge in [-0.05, 0) is 47.2 Å². The predicted molar refractivity (Wildman–Crippen MR) is 189 cm³/mol. The van der Waals surface area contributed by atoms with Gasteiger partial charge in [-0.15, -0.1) is 0 Å². The zero-order valence-corrected chi connectivity index (χ0v) is 28.0.